The molecule has 0 fully saturated rings. The standard InChI is InChI=1S/C60H40FN3S/c1-62-54-12-6-7-13-55(54)64(44-9-3-2-4-10-44)60(62)42-17-15-38(16-18-42)48-32-21-40-24-35-53-49(33-22-41-23-34-52(48)58(40)59(41)53)39-19-27-45(28-20-39)63(46-29-25-43(61)26-30-46)47-31-36-51-50-11-5-8-14-56(50)65-57(51)37-47/h2-37,60H,1H3. The first kappa shape index (κ1) is 37.6. The lowest BCUT2D eigenvalue weighted by atomic mass is 9.87. The molecule has 0 N–H and O–H groups in total. The molecule has 11 aromatic carbocycles. The van der Waals surface area contributed by atoms with Gasteiger partial charge in [0.2, 0.25) is 0 Å². The van der Waals surface area contributed by atoms with Gasteiger partial charge < -0.3 is 14.7 Å². The summed E-state index contributed by atoms with van der Waals surface area (Å²) in [6.45, 7) is 0. The monoisotopic (exact) mass is 853 g/mol. The quantitative estimate of drug-likeness (QED) is 0.148. The summed E-state index contributed by atoms with van der Waals surface area (Å²) in [4.78, 5) is 7.04. The van der Waals surface area contributed by atoms with Crippen molar-refractivity contribution in [3.8, 4) is 22.3 Å². The Balaban J connectivity index is 0.872. The normalized spacial score (nSPS) is 13.8. The predicted molar refractivity (Wildman–Crippen MR) is 275 cm³/mol. The van der Waals surface area contributed by atoms with Crippen molar-refractivity contribution in [2.24, 2.45) is 0 Å². The number of para-hydroxylation sites is 3. The van der Waals surface area contributed by atoms with Crippen molar-refractivity contribution in [3.05, 3.63) is 230 Å². The molecule has 1 aromatic heterocycles. The van der Waals surface area contributed by atoms with Crippen LogP contribution in [0.25, 0.3) is 74.7 Å². The van der Waals surface area contributed by atoms with Crippen molar-refractivity contribution < 1.29 is 4.39 Å². The van der Waals surface area contributed by atoms with Crippen LogP contribution in [0.2, 0.25) is 0 Å². The molecule has 1 aliphatic heterocycles. The van der Waals surface area contributed by atoms with Crippen LogP contribution in [0, 0.1) is 5.82 Å². The molecule has 0 aliphatic carbocycles. The summed E-state index contributed by atoms with van der Waals surface area (Å²) in [6, 6.07) is 77.7. The smallest absolute Gasteiger partial charge is 0.132 e. The van der Waals surface area contributed by atoms with Crippen LogP contribution in [0.15, 0.2) is 218 Å². The maximum absolute atomic E-state index is 14.3. The zero-order valence-corrected chi connectivity index (χ0v) is 36.3. The third-order valence-corrected chi connectivity index (χ3v) is 14.6. The van der Waals surface area contributed by atoms with Gasteiger partial charge in [-0.05, 0) is 139 Å². The molecule has 2 heterocycles. The maximum atomic E-state index is 14.3. The van der Waals surface area contributed by atoms with Crippen molar-refractivity contribution in [2.45, 2.75) is 6.17 Å². The molecule has 308 valence electrons. The Morgan fingerprint density at radius 3 is 1.65 bits per heavy atom. The Morgan fingerprint density at radius 1 is 0.446 bits per heavy atom. The lowest BCUT2D eigenvalue weighted by molar-refractivity contribution is 0.628. The first-order valence-electron chi connectivity index (χ1n) is 22.1. The summed E-state index contributed by atoms with van der Waals surface area (Å²) in [6.07, 6.45) is 0.0280. The van der Waals surface area contributed by atoms with Crippen molar-refractivity contribution in [2.75, 3.05) is 21.7 Å². The molecule has 13 rings (SSSR count). The van der Waals surface area contributed by atoms with Gasteiger partial charge in [0.25, 0.3) is 0 Å². The minimum absolute atomic E-state index is 0.0280. The van der Waals surface area contributed by atoms with Gasteiger partial charge in [0.05, 0.1) is 11.4 Å². The van der Waals surface area contributed by atoms with E-state index in [0.717, 1.165) is 22.6 Å². The number of hydrogen-bond donors (Lipinski definition) is 0. The molecule has 5 heteroatoms. The van der Waals surface area contributed by atoms with E-state index in [4.69, 9.17) is 0 Å². The fourth-order valence-electron chi connectivity index (χ4n) is 10.5. The zero-order valence-electron chi connectivity index (χ0n) is 35.5. The van der Waals surface area contributed by atoms with Gasteiger partial charge in [0, 0.05) is 50.0 Å². The predicted octanol–water partition coefficient (Wildman–Crippen LogP) is 17.2. The third kappa shape index (κ3) is 6.00. The first-order valence-corrected chi connectivity index (χ1v) is 22.9. The van der Waals surface area contributed by atoms with Gasteiger partial charge in [-0.3, -0.25) is 0 Å². The minimum Gasteiger partial charge on any atom is -0.349 e. The van der Waals surface area contributed by atoms with Gasteiger partial charge in [-0.2, -0.15) is 0 Å². The minimum atomic E-state index is -0.252. The van der Waals surface area contributed by atoms with Crippen LogP contribution < -0.4 is 14.7 Å². The van der Waals surface area contributed by atoms with Crippen LogP contribution in [-0.2, 0) is 0 Å². The fraction of sp³-hybridized carbons (Fsp3) is 0.0333. The summed E-state index contributed by atoms with van der Waals surface area (Å²) in [5.41, 5.74) is 12.5. The molecular weight excluding hydrogens is 814 g/mol. The number of halogens is 1. The molecule has 12 aromatic rings. The Kier molecular flexibility index (Phi) is 8.55. The molecule has 0 spiro atoms. The van der Waals surface area contributed by atoms with E-state index >= 15 is 0 Å². The Morgan fingerprint density at radius 2 is 0.969 bits per heavy atom. The number of benzene rings is 11. The highest BCUT2D eigenvalue weighted by Gasteiger charge is 2.35. The Bertz CT molecular complexity index is 3750. The molecule has 0 bridgehead atoms. The third-order valence-electron chi connectivity index (χ3n) is 13.5. The largest absolute Gasteiger partial charge is 0.349 e. The number of nitrogens with zero attached hydrogens (tertiary/aromatic N) is 3. The number of anilines is 6. The highest BCUT2D eigenvalue weighted by Crippen LogP contribution is 2.50. The molecule has 0 saturated heterocycles. The summed E-state index contributed by atoms with van der Waals surface area (Å²) in [5, 5.41) is 10.0. The first-order chi connectivity index (χ1) is 32.1. The summed E-state index contributed by atoms with van der Waals surface area (Å²) in [7, 11) is 2.19. The Labute approximate surface area is 380 Å². The van der Waals surface area contributed by atoms with Crippen LogP contribution in [0.5, 0.6) is 0 Å². The lowest BCUT2D eigenvalue weighted by Crippen LogP contribution is -2.30. The zero-order chi connectivity index (χ0) is 43.2. The molecule has 1 unspecified atom stereocenters. The van der Waals surface area contributed by atoms with Gasteiger partial charge in [-0.25, -0.2) is 4.39 Å². The molecule has 3 nitrogen and oxygen atoms in total. The van der Waals surface area contributed by atoms with E-state index in [9.17, 15) is 4.39 Å². The van der Waals surface area contributed by atoms with Crippen LogP contribution >= 0.6 is 11.3 Å². The SMILES string of the molecule is CN1c2ccccc2N(c2ccccc2)C1c1ccc(-c2ccc3ccc4c(-c5ccc(N(c6ccc(F)cc6)c6ccc7c(c6)sc6ccccc67)cc5)ccc5ccc2c3c54)cc1. The number of hydrogen-bond acceptors (Lipinski definition) is 4. The van der Waals surface area contributed by atoms with Crippen molar-refractivity contribution in [1.82, 2.24) is 0 Å². The van der Waals surface area contributed by atoms with Crippen LogP contribution in [0.3, 0.4) is 0 Å². The topological polar surface area (TPSA) is 9.72 Å². The molecule has 0 saturated carbocycles. The average Bonchev–Trinajstić information content (AvgIpc) is 3.88. The number of rotatable bonds is 7. The average molecular weight is 854 g/mol. The van der Waals surface area contributed by atoms with Gasteiger partial charge in [-0.1, -0.05) is 140 Å². The van der Waals surface area contributed by atoms with E-state index in [2.05, 4.69) is 216 Å². The van der Waals surface area contributed by atoms with Crippen molar-refractivity contribution >= 4 is 98.0 Å². The second kappa shape index (κ2) is 14.8. The van der Waals surface area contributed by atoms with E-state index in [1.165, 1.54) is 104 Å². The second-order valence-electron chi connectivity index (χ2n) is 17.1. The van der Waals surface area contributed by atoms with E-state index in [0.29, 0.717) is 0 Å². The molecule has 1 aliphatic rings. The van der Waals surface area contributed by atoms with Crippen LogP contribution in [-0.4, -0.2) is 7.05 Å². The lowest BCUT2D eigenvalue weighted by Gasteiger charge is -2.31. The van der Waals surface area contributed by atoms with Crippen molar-refractivity contribution in [1.29, 1.82) is 0 Å². The molecular formula is C60H40FN3S. The molecule has 0 amide bonds. The highest BCUT2D eigenvalue weighted by molar-refractivity contribution is 7.25. The van der Waals surface area contributed by atoms with E-state index < -0.39 is 0 Å². The highest BCUT2D eigenvalue weighted by atomic mass is 32.1. The van der Waals surface area contributed by atoms with E-state index in [1.807, 2.05) is 12.1 Å². The maximum Gasteiger partial charge on any atom is 0.132 e. The number of thiophene rings is 1. The van der Waals surface area contributed by atoms with Gasteiger partial charge in [-0.15, -0.1) is 11.3 Å². The molecule has 65 heavy (non-hydrogen) atoms. The molecule has 0 radical (unpaired) electrons. The number of fused-ring (bicyclic) bond motifs is 4. The summed E-state index contributed by atoms with van der Waals surface area (Å²) >= 11 is 1.80. The molecule has 1 atom stereocenters. The van der Waals surface area contributed by atoms with Gasteiger partial charge in [0.1, 0.15) is 12.0 Å². The fourth-order valence-corrected chi connectivity index (χ4v) is 11.6. The Hall–Kier alpha value is -7.99. The van der Waals surface area contributed by atoms with Crippen LogP contribution in [0.1, 0.15) is 11.7 Å². The van der Waals surface area contributed by atoms with Crippen LogP contribution in [0.4, 0.5) is 38.5 Å². The second-order valence-corrected chi connectivity index (χ2v) is 18.2. The van der Waals surface area contributed by atoms with Gasteiger partial charge >= 0.3 is 0 Å². The summed E-state index contributed by atoms with van der Waals surface area (Å²) in [5.74, 6) is -0.252. The van der Waals surface area contributed by atoms with E-state index in [-0.39, 0.29) is 12.0 Å². The summed E-state index contributed by atoms with van der Waals surface area (Å²) < 4.78 is 16.8. The van der Waals surface area contributed by atoms with E-state index in [1.54, 1.807) is 11.3 Å². The van der Waals surface area contributed by atoms with Gasteiger partial charge in [0.15, 0.2) is 0 Å². The van der Waals surface area contributed by atoms with Crippen molar-refractivity contribution in [3.63, 3.8) is 0 Å².